The Bertz CT molecular complexity index is 827. The van der Waals surface area contributed by atoms with Crippen molar-refractivity contribution in [3.05, 3.63) is 65.5 Å². The Labute approximate surface area is 159 Å². The number of benzene rings is 2. The maximum Gasteiger partial charge on any atom is 0.185 e. The van der Waals surface area contributed by atoms with Crippen molar-refractivity contribution in [2.75, 3.05) is 44.7 Å². The summed E-state index contributed by atoms with van der Waals surface area (Å²) >= 11 is 0. The third-order valence-electron chi connectivity index (χ3n) is 4.95. The summed E-state index contributed by atoms with van der Waals surface area (Å²) in [6.45, 7) is 6.60. The third-order valence-corrected chi connectivity index (χ3v) is 4.95. The van der Waals surface area contributed by atoms with Gasteiger partial charge in [-0.1, -0.05) is 25.1 Å². The van der Waals surface area contributed by atoms with Crippen LogP contribution in [0.15, 0.2) is 48.5 Å². The summed E-state index contributed by atoms with van der Waals surface area (Å²) in [7, 11) is 1.59. The van der Waals surface area contributed by atoms with E-state index in [1.165, 1.54) is 12.1 Å². The zero-order chi connectivity index (χ0) is 19.2. The van der Waals surface area contributed by atoms with Gasteiger partial charge in [0.2, 0.25) is 0 Å². The van der Waals surface area contributed by atoms with E-state index in [0.717, 1.165) is 38.3 Å². The van der Waals surface area contributed by atoms with Gasteiger partial charge >= 0.3 is 0 Å². The molecule has 2 aromatic rings. The highest BCUT2D eigenvalue weighted by molar-refractivity contribution is 6.07. The topological polar surface area (TPSA) is 32.8 Å². The van der Waals surface area contributed by atoms with Crippen LogP contribution in [0.5, 0.6) is 5.75 Å². The number of carbonyl (C=O) groups excluding carboxylic acids is 1. The normalized spacial score (nSPS) is 15.3. The summed E-state index contributed by atoms with van der Waals surface area (Å²) in [5, 5.41) is 0. The van der Waals surface area contributed by atoms with Gasteiger partial charge in [0.05, 0.1) is 12.8 Å². The van der Waals surface area contributed by atoms with E-state index >= 15 is 0 Å². The summed E-state index contributed by atoms with van der Waals surface area (Å²) in [5.41, 5.74) is 1.71. The van der Waals surface area contributed by atoms with Gasteiger partial charge in [0.1, 0.15) is 11.6 Å². The molecule has 0 saturated carbocycles. The number of likely N-dealkylation sites (N-methyl/N-ethyl adjacent to an activating group) is 1. The summed E-state index contributed by atoms with van der Waals surface area (Å²) < 4.78 is 19.9. The van der Waals surface area contributed by atoms with Crippen molar-refractivity contribution in [3.8, 4) is 5.75 Å². The molecular formula is C22H25FN2O2. The number of halogens is 1. The van der Waals surface area contributed by atoms with Crippen LogP contribution in [0.25, 0.3) is 6.08 Å². The fraction of sp³-hybridized carbons (Fsp3) is 0.318. The van der Waals surface area contributed by atoms with E-state index in [0.29, 0.717) is 17.0 Å². The molecule has 1 aliphatic rings. The van der Waals surface area contributed by atoms with E-state index < -0.39 is 0 Å². The summed E-state index contributed by atoms with van der Waals surface area (Å²) in [4.78, 5) is 16.8. The predicted molar refractivity (Wildman–Crippen MR) is 107 cm³/mol. The molecule has 2 aromatic carbocycles. The lowest BCUT2D eigenvalue weighted by atomic mass is 10.1. The number of anilines is 1. The Morgan fingerprint density at radius 2 is 1.89 bits per heavy atom. The van der Waals surface area contributed by atoms with Crippen LogP contribution in [-0.4, -0.2) is 50.5 Å². The number of piperazine rings is 1. The molecule has 0 aliphatic carbocycles. The van der Waals surface area contributed by atoms with Gasteiger partial charge in [-0.3, -0.25) is 4.79 Å². The van der Waals surface area contributed by atoms with Crippen molar-refractivity contribution in [2.24, 2.45) is 0 Å². The minimum atomic E-state index is -0.350. The zero-order valence-electron chi connectivity index (χ0n) is 15.8. The Morgan fingerprint density at radius 3 is 2.56 bits per heavy atom. The second-order valence-corrected chi connectivity index (χ2v) is 6.53. The third kappa shape index (κ3) is 4.55. The van der Waals surface area contributed by atoms with Gasteiger partial charge in [-0.05, 0) is 43.0 Å². The highest BCUT2D eigenvalue weighted by Gasteiger charge is 2.19. The second-order valence-electron chi connectivity index (χ2n) is 6.53. The summed E-state index contributed by atoms with van der Waals surface area (Å²) in [5.74, 6) is 0.105. The van der Waals surface area contributed by atoms with Gasteiger partial charge in [-0.2, -0.15) is 0 Å². The molecule has 142 valence electrons. The molecule has 0 radical (unpaired) electrons. The number of methoxy groups -OCH3 is 1. The number of hydrogen-bond donors (Lipinski definition) is 0. The molecule has 0 bridgehead atoms. The van der Waals surface area contributed by atoms with Crippen LogP contribution >= 0.6 is 0 Å². The average Bonchev–Trinajstić information content (AvgIpc) is 2.72. The molecule has 4 nitrogen and oxygen atoms in total. The van der Waals surface area contributed by atoms with Gasteiger partial charge in [-0.15, -0.1) is 0 Å². The van der Waals surface area contributed by atoms with Crippen molar-refractivity contribution >= 4 is 17.5 Å². The molecule has 3 rings (SSSR count). The maximum atomic E-state index is 14.6. The quantitative estimate of drug-likeness (QED) is 0.572. The molecule has 0 amide bonds. The van der Waals surface area contributed by atoms with Crippen LogP contribution in [0.4, 0.5) is 10.1 Å². The predicted octanol–water partition coefficient (Wildman–Crippen LogP) is 3.87. The van der Waals surface area contributed by atoms with E-state index in [9.17, 15) is 9.18 Å². The molecule has 1 aliphatic heterocycles. The first-order valence-electron chi connectivity index (χ1n) is 9.24. The molecule has 27 heavy (non-hydrogen) atoms. The van der Waals surface area contributed by atoms with E-state index in [4.69, 9.17) is 4.74 Å². The monoisotopic (exact) mass is 368 g/mol. The Hall–Kier alpha value is -2.66. The van der Waals surface area contributed by atoms with Crippen LogP contribution in [0.3, 0.4) is 0 Å². The van der Waals surface area contributed by atoms with Crippen molar-refractivity contribution in [1.29, 1.82) is 0 Å². The highest BCUT2D eigenvalue weighted by Crippen LogP contribution is 2.23. The van der Waals surface area contributed by atoms with Gasteiger partial charge in [0, 0.05) is 37.3 Å². The van der Waals surface area contributed by atoms with Gasteiger partial charge in [0.25, 0.3) is 0 Å². The minimum absolute atomic E-state index is 0.234. The van der Waals surface area contributed by atoms with Crippen LogP contribution in [0, 0.1) is 5.82 Å². The fourth-order valence-corrected chi connectivity index (χ4v) is 3.29. The van der Waals surface area contributed by atoms with Gasteiger partial charge in [-0.25, -0.2) is 4.39 Å². The molecule has 1 heterocycles. The highest BCUT2D eigenvalue weighted by atomic mass is 19.1. The molecule has 0 spiro atoms. The van der Waals surface area contributed by atoms with E-state index in [2.05, 4.69) is 11.8 Å². The number of carbonyl (C=O) groups is 1. The molecule has 5 heteroatoms. The van der Waals surface area contributed by atoms with Crippen LogP contribution < -0.4 is 9.64 Å². The molecule has 0 atom stereocenters. The Balaban J connectivity index is 1.71. The number of allylic oxidation sites excluding steroid dienone is 1. The number of hydrogen-bond acceptors (Lipinski definition) is 4. The number of nitrogens with zero attached hydrogens (tertiary/aromatic N) is 2. The fourth-order valence-electron chi connectivity index (χ4n) is 3.29. The van der Waals surface area contributed by atoms with E-state index in [-0.39, 0.29) is 11.6 Å². The van der Waals surface area contributed by atoms with E-state index in [1.54, 1.807) is 25.3 Å². The first kappa shape index (κ1) is 19.1. The molecule has 1 saturated heterocycles. The average molecular weight is 368 g/mol. The molecule has 0 N–H and O–H groups in total. The number of para-hydroxylation sites is 1. The standard InChI is InChI=1S/C22H25FN2O2/c1-3-24-12-14-25(15-13-24)20-10-8-18(16-19(20)23)21(26)11-9-17-6-4-5-7-22(17)27-2/h4-11,16H,3,12-15H2,1-2H3/b11-9+. The SMILES string of the molecule is CCN1CCN(c2ccc(C(=O)/C=C/c3ccccc3OC)cc2F)CC1. The minimum Gasteiger partial charge on any atom is -0.496 e. The maximum absolute atomic E-state index is 14.6. The lowest BCUT2D eigenvalue weighted by molar-refractivity contribution is 0.104. The van der Waals surface area contributed by atoms with Crippen LogP contribution in [-0.2, 0) is 0 Å². The first-order valence-corrected chi connectivity index (χ1v) is 9.24. The number of rotatable bonds is 6. The molecule has 1 fully saturated rings. The van der Waals surface area contributed by atoms with Crippen molar-refractivity contribution in [1.82, 2.24) is 4.90 Å². The summed E-state index contributed by atoms with van der Waals surface area (Å²) in [6, 6.07) is 12.2. The Kier molecular flexibility index (Phi) is 6.24. The molecular weight excluding hydrogens is 343 g/mol. The van der Waals surface area contributed by atoms with Crippen LogP contribution in [0.2, 0.25) is 0 Å². The lowest BCUT2D eigenvalue weighted by Gasteiger charge is -2.35. The second kappa shape index (κ2) is 8.82. The lowest BCUT2D eigenvalue weighted by Crippen LogP contribution is -2.46. The van der Waals surface area contributed by atoms with Crippen LogP contribution in [0.1, 0.15) is 22.8 Å². The van der Waals surface area contributed by atoms with Crippen molar-refractivity contribution < 1.29 is 13.9 Å². The molecule has 0 unspecified atom stereocenters. The zero-order valence-corrected chi connectivity index (χ0v) is 15.8. The Morgan fingerprint density at radius 1 is 1.15 bits per heavy atom. The van der Waals surface area contributed by atoms with Crippen molar-refractivity contribution in [2.45, 2.75) is 6.92 Å². The van der Waals surface area contributed by atoms with E-state index in [1.807, 2.05) is 29.2 Å². The largest absolute Gasteiger partial charge is 0.496 e. The first-order chi connectivity index (χ1) is 13.1. The van der Waals surface area contributed by atoms with Gasteiger partial charge in [0.15, 0.2) is 5.78 Å². The number of ketones is 1. The number of ether oxygens (including phenoxy) is 1. The van der Waals surface area contributed by atoms with Gasteiger partial charge < -0.3 is 14.5 Å². The smallest absolute Gasteiger partial charge is 0.185 e. The summed E-state index contributed by atoms with van der Waals surface area (Å²) in [6.07, 6.45) is 3.14. The van der Waals surface area contributed by atoms with Crippen molar-refractivity contribution in [3.63, 3.8) is 0 Å². The molecule has 0 aromatic heterocycles.